The first-order chi connectivity index (χ1) is 14.8. The van der Waals surface area contributed by atoms with Gasteiger partial charge < -0.3 is 15.8 Å². The van der Waals surface area contributed by atoms with Crippen LogP contribution in [0.15, 0.2) is 42.5 Å². The smallest absolute Gasteiger partial charge is 0.416 e. The first-order valence-electron chi connectivity index (χ1n) is 9.12. The van der Waals surface area contributed by atoms with E-state index >= 15 is 0 Å². The van der Waals surface area contributed by atoms with E-state index in [9.17, 15) is 36.3 Å². The maximum absolute atomic E-state index is 13.3. The molecule has 3 N–H and O–H groups in total. The number of carbonyl (C=O) groups excluding carboxylic acids is 3. The SMILES string of the molecule is COC(=O)C(N)(C(=O)[C@H](C)NC(=O)Cc1cc(F)cc(F)c1)c1cccc(C(F)(F)F)c1. The van der Waals surface area contributed by atoms with Gasteiger partial charge in [-0.2, -0.15) is 13.2 Å². The molecule has 2 rings (SSSR count). The van der Waals surface area contributed by atoms with E-state index in [0.717, 1.165) is 44.4 Å². The highest BCUT2D eigenvalue weighted by molar-refractivity contribution is 6.11. The molecule has 0 aromatic heterocycles. The molecule has 32 heavy (non-hydrogen) atoms. The summed E-state index contributed by atoms with van der Waals surface area (Å²) in [5.74, 6) is -5.15. The fourth-order valence-corrected chi connectivity index (χ4v) is 3.06. The van der Waals surface area contributed by atoms with Gasteiger partial charge >= 0.3 is 12.1 Å². The summed E-state index contributed by atoms with van der Waals surface area (Å²) in [5.41, 5.74) is 1.64. The number of amides is 1. The summed E-state index contributed by atoms with van der Waals surface area (Å²) in [7, 11) is 0.895. The molecule has 0 fully saturated rings. The number of methoxy groups -OCH3 is 1. The van der Waals surface area contributed by atoms with Gasteiger partial charge in [0.25, 0.3) is 0 Å². The summed E-state index contributed by atoms with van der Waals surface area (Å²) in [4.78, 5) is 37.6. The first-order valence-corrected chi connectivity index (χ1v) is 9.12. The molecule has 0 aliphatic heterocycles. The van der Waals surface area contributed by atoms with Gasteiger partial charge in [0.05, 0.1) is 25.1 Å². The van der Waals surface area contributed by atoms with Crippen LogP contribution in [-0.4, -0.2) is 30.8 Å². The van der Waals surface area contributed by atoms with Gasteiger partial charge in [-0.3, -0.25) is 9.59 Å². The molecule has 0 heterocycles. The van der Waals surface area contributed by atoms with Gasteiger partial charge in [-0.1, -0.05) is 12.1 Å². The Kier molecular flexibility index (Phi) is 7.34. The number of hydrogen-bond donors (Lipinski definition) is 2. The number of nitrogens with one attached hydrogen (secondary N) is 1. The van der Waals surface area contributed by atoms with Crippen molar-refractivity contribution in [1.82, 2.24) is 5.32 Å². The van der Waals surface area contributed by atoms with Crippen LogP contribution in [0.25, 0.3) is 0 Å². The number of ketones is 1. The number of alkyl halides is 3. The summed E-state index contributed by atoms with van der Waals surface area (Å²) < 4.78 is 70.3. The van der Waals surface area contributed by atoms with Crippen molar-refractivity contribution in [1.29, 1.82) is 0 Å². The van der Waals surface area contributed by atoms with Crippen LogP contribution in [-0.2, 0) is 37.3 Å². The average molecular weight is 458 g/mol. The summed E-state index contributed by atoms with van der Waals surface area (Å²) in [5, 5.41) is 2.22. The average Bonchev–Trinajstić information content (AvgIpc) is 2.70. The summed E-state index contributed by atoms with van der Waals surface area (Å²) in [6.07, 6.45) is -5.28. The van der Waals surface area contributed by atoms with Crippen LogP contribution in [0.3, 0.4) is 0 Å². The van der Waals surface area contributed by atoms with Crippen molar-refractivity contribution in [2.24, 2.45) is 5.73 Å². The maximum atomic E-state index is 13.3. The molecule has 0 radical (unpaired) electrons. The lowest BCUT2D eigenvalue weighted by Crippen LogP contribution is -2.59. The molecule has 0 aliphatic rings. The quantitative estimate of drug-likeness (QED) is 0.378. The van der Waals surface area contributed by atoms with Crippen LogP contribution in [0.4, 0.5) is 22.0 Å². The molecule has 0 aliphatic carbocycles. The Morgan fingerprint density at radius 3 is 2.12 bits per heavy atom. The third kappa shape index (κ3) is 5.47. The molecule has 0 spiro atoms. The summed E-state index contributed by atoms with van der Waals surface area (Å²) in [6.45, 7) is 1.16. The van der Waals surface area contributed by atoms with Gasteiger partial charge in [0.2, 0.25) is 11.4 Å². The fourth-order valence-electron chi connectivity index (χ4n) is 3.06. The van der Waals surface area contributed by atoms with E-state index in [1.807, 2.05) is 0 Å². The first kappa shape index (κ1) is 24.9. The van der Waals surface area contributed by atoms with Crippen molar-refractivity contribution < 1.29 is 41.1 Å². The van der Waals surface area contributed by atoms with Crippen molar-refractivity contribution in [2.75, 3.05) is 7.11 Å². The lowest BCUT2D eigenvalue weighted by Gasteiger charge is -2.29. The minimum absolute atomic E-state index is 0.0236. The topological polar surface area (TPSA) is 98.5 Å². The number of hydrogen-bond acceptors (Lipinski definition) is 5. The number of ether oxygens (including phenoxy) is 1. The van der Waals surface area contributed by atoms with E-state index in [1.165, 1.54) is 0 Å². The predicted molar refractivity (Wildman–Crippen MR) is 102 cm³/mol. The molecule has 1 unspecified atom stereocenters. The molecule has 1 amide bonds. The maximum Gasteiger partial charge on any atom is 0.416 e. The lowest BCUT2D eigenvalue weighted by molar-refractivity contribution is -0.153. The van der Waals surface area contributed by atoms with Crippen LogP contribution in [0.5, 0.6) is 0 Å². The number of rotatable bonds is 7. The number of Topliss-reactive ketones (excluding diaryl/α,β-unsaturated/α-hetero) is 1. The number of benzene rings is 2. The van der Waals surface area contributed by atoms with E-state index in [4.69, 9.17) is 5.73 Å². The highest BCUT2D eigenvalue weighted by Gasteiger charge is 2.48. The molecular weight excluding hydrogens is 439 g/mol. The predicted octanol–water partition coefficient (Wildman–Crippen LogP) is 2.63. The Morgan fingerprint density at radius 1 is 1.03 bits per heavy atom. The van der Waals surface area contributed by atoms with Crippen LogP contribution in [0, 0.1) is 11.6 Å². The van der Waals surface area contributed by atoms with Crippen molar-refractivity contribution in [2.45, 2.75) is 31.1 Å². The standard InChI is InChI=1S/C21H19F5N2O4/c1-11(28-17(29)8-12-6-15(22)10-16(23)7-12)18(30)20(27,19(31)32-2)13-4-3-5-14(9-13)21(24,25)26/h3-7,9-11H,8,27H2,1-2H3,(H,28,29)/t11-,20?/m0/s1. The van der Waals surface area contributed by atoms with Crippen LogP contribution in [0.2, 0.25) is 0 Å². The van der Waals surface area contributed by atoms with Crippen LogP contribution in [0.1, 0.15) is 23.6 Å². The third-order valence-electron chi connectivity index (χ3n) is 4.60. The minimum atomic E-state index is -4.77. The zero-order chi connectivity index (χ0) is 24.3. The molecule has 172 valence electrons. The monoisotopic (exact) mass is 458 g/mol. The molecule has 2 aromatic rings. The highest BCUT2D eigenvalue weighted by Crippen LogP contribution is 2.32. The third-order valence-corrected chi connectivity index (χ3v) is 4.60. The normalized spacial score (nSPS) is 14.2. The van der Waals surface area contributed by atoms with Crippen molar-refractivity contribution in [3.63, 3.8) is 0 Å². The Hall–Kier alpha value is -3.34. The molecule has 0 bridgehead atoms. The lowest BCUT2D eigenvalue weighted by atomic mass is 9.83. The molecule has 6 nitrogen and oxygen atoms in total. The summed E-state index contributed by atoms with van der Waals surface area (Å²) in [6, 6.07) is 4.28. The number of nitrogens with two attached hydrogens (primary N) is 1. The largest absolute Gasteiger partial charge is 0.467 e. The zero-order valence-electron chi connectivity index (χ0n) is 16.9. The van der Waals surface area contributed by atoms with Crippen LogP contribution < -0.4 is 11.1 Å². The second-order valence-electron chi connectivity index (χ2n) is 6.99. The molecule has 0 saturated carbocycles. The Morgan fingerprint density at radius 2 is 1.59 bits per heavy atom. The second kappa shape index (κ2) is 9.43. The fraction of sp³-hybridized carbons (Fsp3) is 0.286. The van der Waals surface area contributed by atoms with E-state index in [0.29, 0.717) is 12.1 Å². The zero-order valence-corrected chi connectivity index (χ0v) is 16.9. The second-order valence-corrected chi connectivity index (χ2v) is 6.99. The number of carbonyl (C=O) groups is 3. The van der Waals surface area contributed by atoms with Gasteiger partial charge in [-0.05, 0) is 42.3 Å². The van der Waals surface area contributed by atoms with Gasteiger partial charge in [0.15, 0.2) is 5.78 Å². The Balaban J connectivity index is 2.30. The number of esters is 1. The van der Waals surface area contributed by atoms with Gasteiger partial charge in [-0.25, -0.2) is 13.6 Å². The molecule has 11 heteroatoms. The van der Waals surface area contributed by atoms with Crippen molar-refractivity contribution in [3.05, 3.63) is 70.8 Å². The molecule has 0 saturated heterocycles. The minimum Gasteiger partial charge on any atom is -0.467 e. The highest BCUT2D eigenvalue weighted by atomic mass is 19.4. The Bertz CT molecular complexity index is 1020. The van der Waals surface area contributed by atoms with Gasteiger partial charge in [0, 0.05) is 6.07 Å². The summed E-state index contributed by atoms with van der Waals surface area (Å²) >= 11 is 0. The molecular formula is C21H19F5N2O4. The van der Waals surface area contributed by atoms with E-state index in [2.05, 4.69) is 10.1 Å². The van der Waals surface area contributed by atoms with Gasteiger partial charge in [-0.15, -0.1) is 0 Å². The van der Waals surface area contributed by atoms with E-state index in [-0.39, 0.29) is 5.56 Å². The van der Waals surface area contributed by atoms with Crippen LogP contribution >= 0.6 is 0 Å². The number of halogens is 5. The Labute approximate surface area is 179 Å². The molecule has 2 aromatic carbocycles. The van der Waals surface area contributed by atoms with E-state index in [1.54, 1.807) is 0 Å². The van der Waals surface area contributed by atoms with E-state index < -0.39 is 64.6 Å². The van der Waals surface area contributed by atoms with Crippen molar-refractivity contribution in [3.8, 4) is 0 Å². The van der Waals surface area contributed by atoms with Crippen molar-refractivity contribution >= 4 is 17.7 Å². The molecule has 2 atom stereocenters. The van der Waals surface area contributed by atoms with Gasteiger partial charge in [0.1, 0.15) is 11.6 Å².